The Morgan fingerprint density at radius 1 is 1.05 bits per heavy atom. The number of H-pyrrole nitrogens is 1. The molecule has 0 spiro atoms. The second kappa shape index (κ2) is 11.6. The third kappa shape index (κ3) is 6.05. The van der Waals surface area contributed by atoms with Gasteiger partial charge in [0.05, 0.1) is 5.52 Å². The fraction of sp³-hybridized carbons (Fsp3) is 0.265. The summed E-state index contributed by atoms with van der Waals surface area (Å²) in [6.07, 6.45) is 5.78. The van der Waals surface area contributed by atoms with Crippen LogP contribution in [0.25, 0.3) is 22.2 Å². The monoisotopic (exact) mass is 547 g/mol. The van der Waals surface area contributed by atoms with Crippen LogP contribution in [-0.2, 0) is 13.0 Å². The lowest BCUT2D eigenvalue weighted by atomic mass is 9.75. The topological polar surface area (TPSA) is 82.7 Å². The second-order valence-electron chi connectivity index (χ2n) is 11.2. The minimum atomic E-state index is -0.338. The van der Waals surface area contributed by atoms with Gasteiger partial charge < -0.3 is 10.6 Å². The number of aryl methyl sites for hydroxylation is 1. The SMILES string of the molecule is Cc1cc(-c2n[nH]c3ccc(C(=O)NC4CCCC(Cc5ccccc5F)(NCc5ccccc5)C4)cc23)ccn1. The van der Waals surface area contributed by atoms with Gasteiger partial charge in [-0.15, -0.1) is 0 Å². The van der Waals surface area contributed by atoms with E-state index in [2.05, 4.69) is 37.9 Å². The molecule has 6 rings (SSSR count). The summed E-state index contributed by atoms with van der Waals surface area (Å²) in [5.41, 5.74) is 5.66. The molecule has 7 heteroatoms. The number of halogens is 1. The predicted octanol–water partition coefficient (Wildman–Crippen LogP) is 6.52. The number of aromatic amines is 1. The van der Waals surface area contributed by atoms with Gasteiger partial charge in [-0.05, 0) is 86.6 Å². The van der Waals surface area contributed by atoms with E-state index in [0.29, 0.717) is 24.1 Å². The number of aromatic nitrogens is 3. The first-order valence-electron chi connectivity index (χ1n) is 14.2. The molecule has 1 fully saturated rings. The smallest absolute Gasteiger partial charge is 0.251 e. The fourth-order valence-electron chi connectivity index (χ4n) is 6.10. The van der Waals surface area contributed by atoms with E-state index in [0.717, 1.165) is 53.5 Å². The summed E-state index contributed by atoms with van der Waals surface area (Å²) in [6.45, 7) is 2.63. The highest BCUT2D eigenvalue weighted by molar-refractivity contribution is 6.01. The molecular weight excluding hydrogens is 513 g/mol. The highest BCUT2D eigenvalue weighted by Gasteiger charge is 2.37. The fourth-order valence-corrected chi connectivity index (χ4v) is 6.10. The molecule has 0 bridgehead atoms. The number of benzene rings is 3. The molecule has 2 atom stereocenters. The van der Waals surface area contributed by atoms with E-state index >= 15 is 0 Å². The number of amides is 1. The molecule has 1 aliphatic rings. The van der Waals surface area contributed by atoms with Gasteiger partial charge in [-0.3, -0.25) is 14.9 Å². The number of rotatable bonds is 8. The third-order valence-electron chi connectivity index (χ3n) is 8.17. The van der Waals surface area contributed by atoms with Crippen molar-refractivity contribution in [1.29, 1.82) is 0 Å². The lowest BCUT2D eigenvalue weighted by Gasteiger charge is -2.42. The highest BCUT2D eigenvalue weighted by atomic mass is 19.1. The summed E-state index contributed by atoms with van der Waals surface area (Å²) in [5, 5.41) is 15.6. The highest BCUT2D eigenvalue weighted by Crippen LogP contribution is 2.33. The van der Waals surface area contributed by atoms with Crippen molar-refractivity contribution in [1.82, 2.24) is 25.8 Å². The zero-order valence-corrected chi connectivity index (χ0v) is 23.2. The van der Waals surface area contributed by atoms with Crippen LogP contribution < -0.4 is 10.6 Å². The van der Waals surface area contributed by atoms with Crippen molar-refractivity contribution >= 4 is 16.8 Å². The third-order valence-corrected chi connectivity index (χ3v) is 8.17. The van der Waals surface area contributed by atoms with Crippen molar-refractivity contribution < 1.29 is 9.18 Å². The summed E-state index contributed by atoms with van der Waals surface area (Å²) in [4.78, 5) is 17.8. The van der Waals surface area contributed by atoms with Crippen LogP contribution in [-0.4, -0.2) is 32.7 Å². The summed E-state index contributed by atoms with van der Waals surface area (Å²) in [7, 11) is 0. The molecule has 0 saturated heterocycles. The van der Waals surface area contributed by atoms with E-state index in [1.54, 1.807) is 12.3 Å². The van der Waals surface area contributed by atoms with Gasteiger partial charge in [0, 0.05) is 46.5 Å². The van der Waals surface area contributed by atoms with Gasteiger partial charge in [0.25, 0.3) is 5.91 Å². The summed E-state index contributed by atoms with van der Waals surface area (Å²) in [5.74, 6) is -0.298. The molecule has 1 aliphatic carbocycles. The first-order valence-corrected chi connectivity index (χ1v) is 14.2. The maximum absolute atomic E-state index is 14.8. The quantitative estimate of drug-likeness (QED) is 0.207. The second-order valence-corrected chi connectivity index (χ2v) is 11.2. The minimum absolute atomic E-state index is 0.0336. The molecule has 6 nitrogen and oxygen atoms in total. The molecule has 2 heterocycles. The molecule has 0 aliphatic heterocycles. The summed E-state index contributed by atoms with van der Waals surface area (Å²) < 4.78 is 14.8. The number of pyridine rings is 1. The van der Waals surface area contributed by atoms with Gasteiger partial charge >= 0.3 is 0 Å². The van der Waals surface area contributed by atoms with Gasteiger partial charge in [0.15, 0.2) is 0 Å². The van der Waals surface area contributed by atoms with E-state index in [4.69, 9.17) is 0 Å². The Labute approximate surface area is 239 Å². The molecule has 208 valence electrons. The van der Waals surface area contributed by atoms with Crippen molar-refractivity contribution in [3.63, 3.8) is 0 Å². The van der Waals surface area contributed by atoms with Gasteiger partial charge in [0.1, 0.15) is 11.5 Å². The number of fused-ring (bicyclic) bond motifs is 1. The first kappa shape index (κ1) is 26.8. The number of hydrogen-bond acceptors (Lipinski definition) is 4. The van der Waals surface area contributed by atoms with Crippen LogP contribution in [0.3, 0.4) is 0 Å². The molecular formula is C34H34FN5O. The van der Waals surface area contributed by atoms with Gasteiger partial charge in [-0.25, -0.2) is 4.39 Å². The van der Waals surface area contributed by atoms with E-state index in [9.17, 15) is 9.18 Å². The number of nitrogens with one attached hydrogen (secondary N) is 3. The molecule has 2 unspecified atom stereocenters. The molecule has 3 N–H and O–H groups in total. The Bertz CT molecular complexity index is 1670. The Balaban J connectivity index is 1.23. The lowest BCUT2D eigenvalue weighted by molar-refractivity contribution is 0.0904. The molecule has 1 amide bonds. The van der Waals surface area contributed by atoms with E-state index in [1.807, 2.05) is 67.6 Å². The summed E-state index contributed by atoms with van der Waals surface area (Å²) >= 11 is 0. The molecule has 3 aromatic carbocycles. The number of nitrogens with zero attached hydrogens (tertiary/aromatic N) is 2. The van der Waals surface area contributed by atoms with Crippen LogP contribution in [0.4, 0.5) is 4.39 Å². The van der Waals surface area contributed by atoms with E-state index in [1.165, 1.54) is 11.6 Å². The van der Waals surface area contributed by atoms with Crippen LogP contribution in [0.2, 0.25) is 0 Å². The number of carbonyl (C=O) groups excluding carboxylic acids is 1. The van der Waals surface area contributed by atoms with Crippen molar-refractivity contribution in [3.8, 4) is 11.3 Å². The summed E-state index contributed by atoms with van der Waals surface area (Å²) in [6, 6.07) is 26.8. The zero-order valence-electron chi connectivity index (χ0n) is 23.2. The number of carbonyl (C=O) groups is 1. The molecule has 5 aromatic rings. The Morgan fingerprint density at radius 3 is 2.71 bits per heavy atom. The Hall–Kier alpha value is -4.36. The largest absolute Gasteiger partial charge is 0.349 e. The molecule has 0 radical (unpaired) electrons. The average Bonchev–Trinajstić information content (AvgIpc) is 3.42. The van der Waals surface area contributed by atoms with Crippen molar-refractivity contribution in [2.75, 3.05) is 0 Å². The van der Waals surface area contributed by atoms with Crippen LogP contribution in [0, 0.1) is 12.7 Å². The number of hydrogen-bond donors (Lipinski definition) is 3. The lowest BCUT2D eigenvalue weighted by Crippen LogP contribution is -2.54. The first-order chi connectivity index (χ1) is 20.0. The molecule has 2 aromatic heterocycles. The van der Waals surface area contributed by atoms with E-state index < -0.39 is 0 Å². The van der Waals surface area contributed by atoms with Crippen LogP contribution in [0.15, 0.2) is 91.1 Å². The zero-order chi connectivity index (χ0) is 28.2. The normalized spacial score (nSPS) is 18.8. The molecule has 41 heavy (non-hydrogen) atoms. The van der Waals surface area contributed by atoms with Gasteiger partial charge in [0.2, 0.25) is 0 Å². The Morgan fingerprint density at radius 2 is 1.88 bits per heavy atom. The average molecular weight is 548 g/mol. The van der Waals surface area contributed by atoms with Crippen LogP contribution >= 0.6 is 0 Å². The van der Waals surface area contributed by atoms with Crippen LogP contribution in [0.1, 0.15) is 52.9 Å². The van der Waals surface area contributed by atoms with Crippen molar-refractivity contribution in [3.05, 3.63) is 119 Å². The standard InChI is InChI=1S/C34H34FN5O/c1-23-18-25(15-17-36-23)32-29-19-26(13-14-31(29)39-40-32)33(41)38-28-11-7-16-34(21-28,20-27-10-5-6-12-30(27)35)37-22-24-8-3-2-4-9-24/h2-6,8-10,12-15,17-19,28,37H,7,11,16,20-22H2,1H3,(H,38,41)(H,39,40). The maximum atomic E-state index is 14.8. The van der Waals surface area contributed by atoms with E-state index in [-0.39, 0.29) is 23.3 Å². The van der Waals surface area contributed by atoms with Gasteiger partial charge in [-0.2, -0.15) is 5.10 Å². The van der Waals surface area contributed by atoms with Crippen LogP contribution in [0.5, 0.6) is 0 Å². The molecule has 1 saturated carbocycles. The predicted molar refractivity (Wildman–Crippen MR) is 160 cm³/mol. The maximum Gasteiger partial charge on any atom is 0.251 e. The van der Waals surface area contributed by atoms with Gasteiger partial charge in [-0.1, -0.05) is 48.5 Å². The minimum Gasteiger partial charge on any atom is -0.349 e. The van der Waals surface area contributed by atoms with Crippen molar-refractivity contribution in [2.45, 2.75) is 57.2 Å². The van der Waals surface area contributed by atoms with Crippen molar-refractivity contribution in [2.24, 2.45) is 0 Å². The Kier molecular flexibility index (Phi) is 7.61.